The predicted octanol–water partition coefficient (Wildman–Crippen LogP) is 3.31. The summed E-state index contributed by atoms with van der Waals surface area (Å²) in [5.74, 6) is 0. The number of aliphatic hydroxyl groups is 1. The zero-order chi connectivity index (χ0) is 18.8. The molecule has 140 valence electrons. The first-order valence-electron chi connectivity index (χ1n) is 9.04. The number of rotatable bonds is 4. The van der Waals surface area contributed by atoms with Gasteiger partial charge in [-0.05, 0) is 74.6 Å². The van der Waals surface area contributed by atoms with E-state index in [0.717, 1.165) is 24.1 Å². The summed E-state index contributed by atoms with van der Waals surface area (Å²) in [7, 11) is 0. The highest BCUT2D eigenvalue weighted by Gasteiger charge is 2.28. The van der Waals surface area contributed by atoms with Crippen molar-refractivity contribution in [3.8, 4) is 0 Å². The molecule has 0 saturated carbocycles. The number of anilines is 1. The molecule has 25 heavy (non-hydrogen) atoms. The summed E-state index contributed by atoms with van der Waals surface area (Å²) in [5.41, 5.74) is 10.1. The number of carbonyl (C=O) groups excluding carboxylic acids is 1. The minimum atomic E-state index is -0.570. The van der Waals surface area contributed by atoms with Crippen LogP contribution in [-0.2, 0) is 23.0 Å². The van der Waals surface area contributed by atoms with Crippen LogP contribution >= 0.6 is 0 Å². The van der Waals surface area contributed by atoms with Crippen molar-refractivity contribution in [1.29, 1.82) is 0 Å². The lowest BCUT2D eigenvalue weighted by molar-refractivity contribution is 0.0483. The van der Waals surface area contributed by atoms with Gasteiger partial charge in [0.25, 0.3) is 0 Å². The van der Waals surface area contributed by atoms with Gasteiger partial charge in [0.2, 0.25) is 0 Å². The van der Waals surface area contributed by atoms with E-state index in [0.29, 0.717) is 6.42 Å². The molecule has 1 aliphatic carbocycles. The molecule has 5 heteroatoms. The van der Waals surface area contributed by atoms with Gasteiger partial charge in [0.1, 0.15) is 5.60 Å². The Kier molecular flexibility index (Phi) is 5.67. The lowest BCUT2D eigenvalue weighted by Crippen LogP contribution is -2.42. The molecule has 0 bridgehead atoms. The Hall–Kier alpha value is -1.75. The molecule has 1 unspecified atom stereocenters. The molecule has 1 amide bonds. The summed E-state index contributed by atoms with van der Waals surface area (Å²) in [5, 5.41) is 12.4. The highest BCUT2D eigenvalue weighted by molar-refractivity contribution is 5.68. The van der Waals surface area contributed by atoms with Crippen molar-refractivity contribution in [2.24, 2.45) is 0 Å². The number of benzene rings is 1. The monoisotopic (exact) mass is 348 g/mol. The van der Waals surface area contributed by atoms with E-state index in [-0.39, 0.29) is 12.0 Å². The van der Waals surface area contributed by atoms with Gasteiger partial charge in [0.05, 0.1) is 12.6 Å². The third-order valence-electron chi connectivity index (χ3n) is 4.75. The van der Waals surface area contributed by atoms with E-state index < -0.39 is 17.7 Å². The van der Waals surface area contributed by atoms with Gasteiger partial charge in [-0.1, -0.05) is 19.9 Å². The molecule has 1 aromatic rings. The number of fused-ring (bicyclic) bond motifs is 1. The molecular formula is C20H32N2O3. The second-order valence-corrected chi connectivity index (χ2v) is 8.68. The summed E-state index contributed by atoms with van der Waals surface area (Å²) in [6, 6.07) is 3.79. The summed E-state index contributed by atoms with van der Waals surface area (Å²) in [4.78, 5) is 12.0. The van der Waals surface area contributed by atoms with Gasteiger partial charge in [-0.3, -0.25) is 0 Å². The van der Waals surface area contributed by atoms with Crippen molar-refractivity contribution in [2.75, 3.05) is 12.3 Å². The highest BCUT2D eigenvalue weighted by Crippen LogP contribution is 2.38. The van der Waals surface area contributed by atoms with Gasteiger partial charge in [-0.15, -0.1) is 0 Å². The SMILES string of the molecule is CC(C)(C)OC(=O)NC(CO)Cc1cc2c(cc1N)CCCC2(C)C. The Morgan fingerprint density at radius 2 is 2.08 bits per heavy atom. The van der Waals surface area contributed by atoms with E-state index in [1.807, 2.05) is 20.8 Å². The van der Waals surface area contributed by atoms with Gasteiger partial charge in [0.15, 0.2) is 0 Å². The van der Waals surface area contributed by atoms with Crippen LogP contribution in [0.2, 0.25) is 0 Å². The number of aliphatic hydroxyl groups excluding tert-OH is 1. The summed E-state index contributed by atoms with van der Waals surface area (Å²) in [6.45, 7) is 9.78. The van der Waals surface area contributed by atoms with E-state index in [9.17, 15) is 9.90 Å². The maximum Gasteiger partial charge on any atom is 0.407 e. The van der Waals surface area contributed by atoms with Crippen molar-refractivity contribution < 1.29 is 14.6 Å². The van der Waals surface area contributed by atoms with Gasteiger partial charge < -0.3 is 20.9 Å². The number of nitrogens with one attached hydrogen (secondary N) is 1. The number of hydrogen-bond acceptors (Lipinski definition) is 4. The lowest BCUT2D eigenvalue weighted by Gasteiger charge is -2.33. The number of ether oxygens (including phenoxy) is 1. The van der Waals surface area contributed by atoms with E-state index in [2.05, 4.69) is 31.3 Å². The third-order valence-corrected chi connectivity index (χ3v) is 4.75. The molecule has 0 heterocycles. The standard InChI is InChI=1S/C20H32N2O3/c1-19(2,3)25-18(24)22-15(12-23)9-14-10-16-13(11-17(14)21)7-6-8-20(16,4)5/h10-11,15,23H,6-9,12,21H2,1-5H3,(H,22,24). The normalized spacial score (nSPS) is 17.5. The zero-order valence-electron chi connectivity index (χ0n) is 16.1. The molecule has 2 rings (SSSR count). The van der Waals surface area contributed by atoms with Crippen LogP contribution < -0.4 is 11.1 Å². The molecule has 5 nitrogen and oxygen atoms in total. The van der Waals surface area contributed by atoms with Gasteiger partial charge in [-0.2, -0.15) is 0 Å². The molecule has 0 fully saturated rings. The van der Waals surface area contributed by atoms with Crippen molar-refractivity contribution in [1.82, 2.24) is 5.32 Å². The number of nitrogen functional groups attached to an aromatic ring is 1. The summed E-state index contributed by atoms with van der Waals surface area (Å²) >= 11 is 0. The Balaban J connectivity index is 2.16. The fourth-order valence-corrected chi connectivity index (χ4v) is 3.48. The number of aryl methyl sites for hydroxylation is 1. The summed E-state index contributed by atoms with van der Waals surface area (Å²) < 4.78 is 5.27. The Bertz CT molecular complexity index is 633. The van der Waals surface area contributed by atoms with Gasteiger partial charge in [-0.25, -0.2) is 4.79 Å². The zero-order valence-corrected chi connectivity index (χ0v) is 16.1. The van der Waals surface area contributed by atoms with Crippen molar-refractivity contribution in [3.63, 3.8) is 0 Å². The molecule has 0 aromatic heterocycles. The minimum absolute atomic E-state index is 0.128. The first-order valence-corrected chi connectivity index (χ1v) is 9.04. The van der Waals surface area contributed by atoms with E-state index in [1.165, 1.54) is 17.5 Å². The number of nitrogens with two attached hydrogens (primary N) is 1. The van der Waals surface area contributed by atoms with E-state index in [4.69, 9.17) is 10.5 Å². The quantitative estimate of drug-likeness (QED) is 0.729. The highest BCUT2D eigenvalue weighted by atomic mass is 16.6. The third kappa shape index (κ3) is 5.11. The average molecular weight is 348 g/mol. The predicted molar refractivity (Wildman–Crippen MR) is 101 cm³/mol. The fourth-order valence-electron chi connectivity index (χ4n) is 3.48. The van der Waals surface area contributed by atoms with Crippen LogP contribution in [0.4, 0.5) is 10.5 Å². The smallest absolute Gasteiger partial charge is 0.407 e. The fraction of sp³-hybridized carbons (Fsp3) is 0.650. The number of alkyl carbamates (subject to hydrolysis) is 1. The largest absolute Gasteiger partial charge is 0.444 e. The molecule has 4 N–H and O–H groups in total. The number of carbonyl (C=O) groups is 1. The summed E-state index contributed by atoms with van der Waals surface area (Å²) in [6.07, 6.45) is 3.35. The minimum Gasteiger partial charge on any atom is -0.444 e. The molecular weight excluding hydrogens is 316 g/mol. The Labute approximate surface area is 150 Å². The van der Waals surface area contributed by atoms with Gasteiger partial charge in [0, 0.05) is 5.69 Å². The molecule has 0 saturated heterocycles. The topological polar surface area (TPSA) is 84.6 Å². The molecule has 0 spiro atoms. The lowest BCUT2D eigenvalue weighted by atomic mass is 9.72. The van der Waals surface area contributed by atoms with Crippen molar-refractivity contribution in [3.05, 3.63) is 28.8 Å². The second kappa shape index (κ2) is 7.24. The van der Waals surface area contributed by atoms with Crippen LogP contribution in [0.15, 0.2) is 12.1 Å². The molecule has 0 radical (unpaired) electrons. The maximum absolute atomic E-state index is 12.0. The second-order valence-electron chi connectivity index (χ2n) is 8.68. The maximum atomic E-state index is 12.0. The van der Waals surface area contributed by atoms with Crippen molar-refractivity contribution in [2.45, 2.75) is 77.4 Å². The van der Waals surface area contributed by atoms with Gasteiger partial charge >= 0.3 is 6.09 Å². The molecule has 0 aliphatic heterocycles. The van der Waals surface area contributed by atoms with E-state index >= 15 is 0 Å². The molecule has 1 aliphatic rings. The van der Waals surface area contributed by atoms with Crippen molar-refractivity contribution >= 4 is 11.8 Å². The van der Waals surface area contributed by atoms with Crippen LogP contribution in [0.5, 0.6) is 0 Å². The van der Waals surface area contributed by atoms with Crippen LogP contribution in [0, 0.1) is 0 Å². The van der Waals surface area contributed by atoms with Crippen LogP contribution in [0.1, 0.15) is 64.2 Å². The van der Waals surface area contributed by atoms with E-state index in [1.54, 1.807) is 0 Å². The molecule has 1 aromatic carbocycles. The van der Waals surface area contributed by atoms with Crippen LogP contribution in [-0.4, -0.2) is 29.4 Å². The number of hydrogen-bond donors (Lipinski definition) is 3. The molecule has 1 atom stereocenters. The van der Waals surface area contributed by atoms with Crippen LogP contribution in [0.25, 0.3) is 0 Å². The first kappa shape index (κ1) is 19.6. The average Bonchev–Trinajstić information content (AvgIpc) is 2.45. The Morgan fingerprint density at radius 3 is 2.68 bits per heavy atom. The van der Waals surface area contributed by atoms with Crippen LogP contribution in [0.3, 0.4) is 0 Å². The first-order chi connectivity index (χ1) is 11.5. The Morgan fingerprint density at radius 1 is 1.40 bits per heavy atom. The number of amides is 1.